The zero-order valence-corrected chi connectivity index (χ0v) is 21.0. The van der Waals surface area contributed by atoms with Crippen molar-refractivity contribution in [3.8, 4) is 0 Å². The van der Waals surface area contributed by atoms with Gasteiger partial charge in [-0.2, -0.15) is 0 Å². The highest BCUT2D eigenvalue weighted by molar-refractivity contribution is 5.68. The average molecular weight is 514 g/mol. The molecule has 0 unspecified atom stereocenters. The zero-order valence-electron chi connectivity index (χ0n) is 21.0. The SMILES string of the molecule is CC(=O)OC[C@H]1O[C@@H](n2cnc3c2=NCN(CCCc2ccccc2)C=3N)[C@H](OC(C)=O)[C@@H]1OC(C)=O. The number of esters is 3. The maximum atomic E-state index is 11.9. The molecule has 1 saturated heterocycles. The number of benzene rings is 1. The van der Waals surface area contributed by atoms with E-state index < -0.39 is 42.4 Å². The van der Waals surface area contributed by atoms with Gasteiger partial charge < -0.3 is 29.6 Å². The summed E-state index contributed by atoms with van der Waals surface area (Å²) in [7, 11) is 0. The molecule has 12 heteroatoms. The Morgan fingerprint density at radius 2 is 1.76 bits per heavy atom. The highest BCUT2D eigenvalue weighted by Gasteiger charge is 2.51. The van der Waals surface area contributed by atoms with E-state index >= 15 is 0 Å². The molecule has 12 nitrogen and oxygen atoms in total. The Kier molecular flexibility index (Phi) is 8.07. The maximum absolute atomic E-state index is 11.9. The lowest BCUT2D eigenvalue weighted by Gasteiger charge is -2.25. The number of aromatic nitrogens is 2. The van der Waals surface area contributed by atoms with Gasteiger partial charge in [0.2, 0.25) is 0 Å². The van der Waals surface area contributed by atoms with Crippen LogP contribution >= 0.6 is 0 Å². The van der Waals surface area contributed by atoms with Crippen LogP contribution in [0.1, 0.15) is 39.0 Å². The third-order valence-electron chi connectivity index (χ3n) is 6.09. The fraction of sp³-hybridized carbons (Fsp3) is 0.480. The molecular weight excluding hydrogens is 482 g/mol. The van der Waals surface area contributed by atoms with Gasteiger partial charge in [0, 0.05) is 27.3 Å². The Morgan fingerprint density at radius 3 is 2.43 bits per heavy atom. The van der Waals surface area contributed by atoms with Crippen LogP contribution in [0.25, 0.3) is 5.82 Å². The molecule has 2 aromatic rings. The summed E-state index contributed by atoms with van der Waals surface area (Å²) in [5, 5.41) is 0.476. The predicted octanol–water partition coefficient (Wildman–Crippen LogP) is -0.243. The summed E-state index contributed by atoms with van der Waals surface area (Å²) in [6.07, 6.45) is -0.560. The van der Waals surface area contributed by atoms with Gasteiger partial charge in [-0.3, -0.25) is 19.0 Å². The van der Waals surface area contributed by atoms with Crippen molar-refractivity contribution in [2.24, 2.45) is 10.7 Å². The Labute approximate surface area is 213 Å². The van der Waals surface area contributed by atoms with Crippen molar-refractivity contribution in [3.63, 3.8) is 0 Å². The Bertz CT molecular complexity index is 1260. The lowest BCUT2D eigenvalue weighted by Crippen LogP contribution is -2.48. The number of aryl methyl sites for hydroxylation is 1. The minimum atomic E-state index is -1.03. The van der Waals surface area contributed by atoms with Crippen molar-refractivity contribution < 1.29 is 33.3 Å². The van der Waals surface area contributed by atoms with Crippen LogP contribution in [-0.2, 0) is 39.8 Å². The van der Waals surface area contributed by atoms with Crippen molar-refractivity contribution in [1.82, 2.24) is 14.5 Å². The number of carbonyl (C=O) groups excluding carboxylic acids is 3. The summed E-state index contributed by atoms with van der Waals surface area (Å²) in [5.41, 5.74) is 8.16. The van der Waals surface area contributed by atoms with E-state index in [0.29, 0.717) is 29.9 Å². The second-order valence-corrected chi connectivity index (χ2v) is 8.88. The summed E-state index contributed by atoms with van der Waals surface area (Å²) in [4.78, 5) is 46.2. The molecule has 0 radical (unpaired) electrons. The molecule has 0 saturated carbocycles. The summed E-state index contributed by atoms with van der Waals surface area (Å²) < 4.78 is 23.7. The molecule has 1 aromatic carbocycles. The molecule has 0 amide bonds. The van der Waals surface area contributed by atoms with Gasteiger partial charge in [-0.05, 0) is 18.4 Å². The number of nitrogens with zero attached hydrogens (tertiary/aromatic N) is 4. The molecule has 4 rings (SSSR count). The van der Waals surface area contributed by atoms with Gasteiger partial charge in [-0.15, -0.1) is 0 Å². The topological polar surface area (TPSA) is 148 Å². The Hall–Kier alpha value is -3.93. The molecule has 37 heavy (non-hydrogen) atoms. The van der Waals surface area contributed by atoms with Gasteiger partial charge in [0.05, 0.1) is 6.33 Å². The van der Waals surface area contributed by atoms with Crippen LogP contribution in [0.2, 0.25) is 0 Å². The first-order chi connectivity index (χ1) is 17.7. The molecule has 198 valence electrons. The average Bonchev–Trinajstić information content (AvgIpc) is 3.41. The zero-order chi connectivity index (χ0) is 26.5. The third kappa shape index (κ3) is 6.08. The number of hydrogen-bond acceptors (Lipinski definition) is 11. The largest absolute Gasteiger partial charge is 0.463 e. The van der Waals surface area contributed by atoms with E-state index in [4.69, 9.17) is 24.7 Å². The van der Waals surface area contributed by atoms with E-state index in [0.717, 1.165) is 12.8 Å². The molecule has 2 N–H and O–H groups in total. The highest BCUT2D eigenvalue weighted by Crippen LogP contribution is 2.33. The van der Waals surface area contributed by atoms with Gasteiger partial charge in [0.1, 0.15) is 30.5 Å². The first-order valence-electron chi connectivity index (χ1n) is 12.0. The van der Waals surface area contributed by atoms with Crippen molar-refractivity contribution in [2.45, 2.75) is 58.2 Å². The van der Waals surface area contributed by atoms with E-state index in [-0.39, 0.29) is 6.61 Å². The third-order valence-corrected chi connectivity index (χ3v) is 6.09. The molecule has 4 atom stereocenters. The van der Waals surface area contributed by atoms with Gasteiger partial charge >= 0.3 is 17.9 Å². The van der Waals surface area contributed by atoms with Crippen LogP contribution in [0.4, 0.5) is 0 Å². The minimum absolute atomic E-state index is 0.195. The van der Waals surface area contributed by atoms with Gasteiger partial charge in [0.25, 0.3) is 0 Å². The molecule has 2 aliphatic rings. The molecule has 3 heterocycles. The van der Waals surface area contributed by atoms with E-state index in [2.05, 4.69) is 22.1 Å². The molecule has 1 fully saturated rings. The van der Waals surface area contributed by atoms with Crippen molar-refractivity contribution in [1.29, 1.82) is 0 Å². The van der Waals surface area contributed by atoms with Crippen LogP contribution < -0.4 is 16.6 Å². The van der Waals surface area contributed by atoms with Crippen molar-refractivity contribution in [3.05, 3.63) is 53.1 Å². The number of hydrogen-bond donors (Lipinski definition) is 1. The van der Waals surface area contributed by atoms with Crippen LogP contribution in [0.3, 0.4) is 0 Å². The molecular formula is C25H31N5O7. The van der Waals surface area contributed by atoms with Gasteiger partial charge in [0.15, 0.2) is 23.9 Å². The number of ether oxygens (including phenoxy) is 4. The van der Waals surface area contributed by atoms with E-state index in [1.807, 2.05) is 23.1 Å². The maximum Gasteiger partial charge on any atom is 0.303 e. The lowest BCUT2D eigenvalue weighted by atomic mass is 10.1. The fourth-order valence-electron chi connectivity index (χ4n) is 4.48. The summed E-state index contributed by atoms with van der Waals surface area (Å²) in [6.45, 7) is 4.55. The number of imidazole rings is 1. The van der Waals surface area contributed by atoms with Gasteiger partial charge in [-0.1, -0.05) is 30.3 Å². The first kappa shape index (κ1) is 26.1. The number of nitrogens with two attached hydrogens (primary N) is 1. The quantitative estimate of drug-likeness (QED) is 0.352. The van der Waals surface area contributed by atoms with Gasteiger partial charge in [-0.25, -0.2) is 9.98 Å². The monoisotopic (exact) mass is 513 g/mol. The van der Waals surface area contributed by atoms with E-state index in [1.54, 1.807) is 4.57 Å². The molecule has 0 bridgehead atoms. The standard InChI is InChI=1S/C25H31N5O7/c1-15(31)34-12-19-21(35-16(2)32)22(36-17(3)33)25(37-19)30-14-27-20-23(26)29(13-28-24(20)30)11-7-10-18-8-5-4-6-9-18/h4-6,8-9,14,19,21-22,25H,7,10-13,26H2,1-3H3/t19-,21-,22-,25-/m1/s1. The number of carbonyl (C=O) groups is 3. The van der Waals surface area contributed by atoms with Crippen LogP contribution in [0.5, 0.6) is 0 Å². The second kappa shape index (κ2) is 11.4. The van der Waals surface area contributed by atoms with Crippen LogP contribution in [-0.4, -0.2) is 70.5 Å². The summed E-state index contributed by atoms with van der Waals surface area (Å²) in [6, 6.07) is 10.2. The second-order valence-electron chi connectivity index (χ2n) is 8.88. The highest BCUT2D eigenvalue weighted by atomic mass is 16.7. The Morgan fingerprint density at radius 1 is 1.05 bits per heavy atom. The molecule has 0 aliphatic carbocycles. The number of fused-ring (bicyclic) bond motifs is 1. The predicted molar refractivity (Wildman–Crippen MR) is 129 cm³/mol. The Balaban J connectivity index is 1.58. The van der Waals surface area contributed by atoms with E-state index in [9.17, 15) is 14.4 Å². The first-order valence-corrected chi connectivity index (χ1v) is 12.0. The minimum Gasteiger partial charge on any atom is -0.463 e. The molecule has 2 aliphatic heterocycles. The summed E-state index contributed by atoms with van der Waals surface area (Å²) in [5.74, 6) is -1.24. The fourth-order valence-corrected chi connectivity index (χ4v) is 4.48. The lowest BCUT2D eigenvalue weighted by molar-refractivity contribution is -0.166. The van der Waals surface area contributed by atoms with Crippen molar-refractivity contribution in [2.75, 3.05) is 19.8 Å². The summed E-state index contributed by atoms with van der Waals surface area (Å²) >= 11 is 0. The van der Waals surface area contributed by atoms with Crippen LogP contribution in [0, 0.1) is 0 Å². The van der Waals surface area contributed by atoms with Crippen molar-refractivity contribution >= 4 is 23.7 Å². The normalized spacial score (nSPS) is 22.7. The molecule has 0 spiro atoms. The number of rotatable bonds is 9. The van der Waals surface area contributed by atoms with Crippen LogP contribution in [0.15, 0.2) is 41.7 Å². The van der Waals surface area contributed by atoms with E-state index in [1.165, 1.54) is 32.7 Å². The smallest absolute Gasteiger partial charge is 0.303 e. The molecule has 1 aromatic heterocycles.